The molecular formula is C21H14F2N6OS. The van der Waals surface area contributed by atoms with Gasteiger partial charge in [0.15, 0.2) is 0 Å². The van der Waals surface area contributed by atoms with Crippen molar-refractivity contribution in [3.05, 3.63) is 82.6 Å². The fourth-order valence-corrected chi connectivity index (χ4v) is 5.17. The number of nitrogens with one attached hydrogen (secondary N) is 1. The molecule has 6 rings (SSSR count). The molecule has 1 atom stereocenters. The van der Waals surface area contributed by atoms with Crippen LogP contribution in [0.5, 0.6) is 0 Å². The molecule has 5 heterocycles. The van der Waals surface area contributed by atoms with Crippen molar-refractivity contribution < 1.29 is 13.6 Å². The summed E-state index contributed by atoms with van der Waals surface area (Å²) in [5.74, 6) is -1.11. The number of pyridine rings is 1. The third-order valence-electron chi connectivity index (χ3n) is 5.52. The van der Waals surface area contributed by atoms with Crippen molar-refractivity contribution in [1.29, 1.82) is 0 Å². The molecular weight excluding hydrogens is 422 g/mol. The lowest BCUT2D eigenvalue weighted by Gasteiger charge is -2.33. The molecule has 0 aliphatic carbocycles. The Bertz CT molecular complexity index is 1470. The second kappa shape index (κ2) is 6.67. The molecule has 1 amide bonds. The minimum Gasteiger partial charge on any atom is -0.348 e. The van der Waals surface area contributed by atoms with E-state index in [9.17, 15) is 13.6 Å². The lowest BCUT2D eigenvalue weighted by atomic mass is 10.0. The van der Waals surface area contributed by atoms with Gasteiger partial charge in [0.05, 0.1) is 40.2 Å². The summed E-state index contributed by atoms with van der Waals surface area (Å²) in [6.45, 7) is 0.426. The van der Waals surface area contributed by atoms with Crippen LogP contribution < -0.4 is 0 Å². The topological polar surface area (TPSA) is 79.2 Å². The smallest absolute Gasteiger partial charge is 0.258 e. The zero-order valence-corrected chi connectivity index (χ0v) is 16.7. The Balaban J connectivity index is 1.49. The molecule has 4 aromatic heterocycles. The van der Waals surface area contributed by atoms with E-state index in [1.54, 1.807) is 23.4 Å². The van der Waals surface area contributed by atoms with E-state index < -0.39 is 17.7 Å². The third-order valence-corrected chi connectivity index (χ3v) is 6.59. The van der Waals surface area contributed by atoms with Crippen LogP contribution in [0.25, 0.3) is 15.7 Å². The van der Waals surface area contributed by atoms with Gasteiger partial charge in [-0.3, -0.25) is 4.79 Å². The molecule has 1 N–H and O–H groups in total. The zero-order valence-electron chi connectivity index (χ0n) is 15.9. The van der Waals surface area contributed by atoms with E-state index in [-0.39, 0.29) is 11.4 Å². The summed E-state index contributed by atoms with van der Waals surface area (Å²) in [7, 11) is 0. The first-order valence-electron chi connectivity index (χ1n) is 9.61. The standard InChI is InChI=1S/C21H14F2N6OS/c22-11-4-5-15-12(8-26-29(15)9-11)21(30)28-7-6-14-18(25-10-24-14)19(28)20-27-17-13(23)2-1-3-16(17)31-20/h1-5,8-10,19H,6-7H2,(H,24,25)/t19-/m0/s1. The van der Waals surface area contributed by atoms with Crippen LogP contribution in [-0.2, 0) is 6.42 Å². The summed E-state index contributed by atoms with van der Waals surface area (Å²) in [5.41, 5.74) is 2.77. The summed E-state index contributed by atoms with van der Waals surface area (Å²) in [6, 6.07) is 7.08. The Morgan fingerprint density at radius 3 is 3.00 bits per heavy atom. The van der Waals surface area contributed by atoms with E-state index in [2.05, 4.69) is 20.1 Å². The SMILES string of the molecule is O=C(c1cnn2cc(F)ccc12)N1CCc2[nH]cnc2[C@H]1c1nc2c(F)cccc2s1. The number of amides is 1. The number of halogens is 2. The van der Waals surface area contributed by atoms with E-state index in [1.165, 1.54) is 46.4 Å². The maximum absolute atomic E-state index is 14.3. The molecule has 154 valence electrons. The first-order valence-corrected chi connectivity index (χ1v) is 10.4. The first kappa shape index (κ1) is 18.1. The van der Waals surface area contributed by atoms with E-state index >= 15 is 0 Å². The molecule has 0 fully saturated rings. The van der Waals surface area contributed by atoms with Crippen molar-refractivity contribution in [3.8, 4) is 0 Å². The predicted octanol–water partition coefficient (Wildman–Crippen LogP) is 3.73. The summed E-state index contributed by atoms with van der Waals surface area (Å²) in [5, 5.41) is 4.71. The molecule has 0 unspecified atom stereocenters. The lowest BCUT2D eigenvalue weighted by Crippen LogP contribution is -2.40. The van der Waals surface area contributed by atoms with Crippen molar-refractivity contribution >= 4 is 33.0 Å². The summed E-state index contributed by atoms with van der Waals surface area (Å²) >= 11 is 1.34. The van der Waals surface area contributed by atoms with Gasteiger partial charge in [0, 0.05) is 18.7 Å². The molecule has 0 saturated heterocycles. The number of para-hydroxylation sites is 1. The second-order valence-electron chi connectivity index (χ2n) is 7.29. The zero-order chi connectivity index (χ0) is 21.1. The number of fused-ring (bicyclic) bond motifs is 3. The van der Waals surface area contributed by atoms with Crippen LogP contribution in [0.2, 0.25) is 0 Å². The van der Waals surface area contributed by atoms with Crippen LogP contribution in [0.3, 0.4) is 0 Å². The van der Waals surface area contributed by atoms with Crippen LogP contribution >= 0.6 is 11.3 Å². The third kappa shape index (κ3) is 2.75. The Morgan fingerprint density at radius 2 is 2.13 bits per heavy atom. The molecule has 0 spiro atoms. The van der Waals surface area contributed by atoms with Crippen LogP contribution in [0.1, 0.15) is 32.8 Å². The summed E-state index contributed by atoms with van der Waals surface area (Å²) in [6.07, 6.45) is 4.86. The minimum atomic E-state index is -0.560. The number of H-pyrrole nitrogens is 1. The molecule has 5 aromatic rings. The van der Waals surface area contributed by atoms with Crippen molar-refractivity contribution in [2.45, 2.75) is 12.5 Å². The van der Waals surface area contributed by atoms with Gasteiger partial charge in [0.2, 0.25) is 0 Å². The van der Waals surface area contributed by atoms with Crippen LogP contribution in [0.15, 0.2) is 49.1 Å². The van der Waals surface area contributed by atoms with Crippen LogP contribution in [0, 0.1) is 11.6 Å². The van der Waals surface area contributed by atoms with E-state index in [0.29, 0.717) is 39.4 Å². The number of hydrogen-bond acceptors (Lipinski definition) is 5. The van der Waals surface area contributed by atoms with Gasteiger partial charge in [-0.1, -0.05) is 6.07 Å². The minimum absolute atomic E-state index is 0.264. The number of imidazole rings is 1. The molecule has 31 heavy (non-hydrogen) atoms. The lowest BCUT2D eigenvalue weighted by molar-refractivity contribution is 0.0692. The average Bonchev–Trinajstić information content (AvgIpc) is 3.50. The van der Waals surface area contributed by atoms with Gasteiger partial charge in [0.1, 0.15) is 28.2 Å². The Kier molecular flexibility index (Phi) is 3.90. The maximum atomic E-state index is 14.3. The van der Waals surface area contributed by atoms with Crippen molar-refractivity contribution in [1.82, 2.24) is 29.5 Å². The number of carbonyl (C=O) groups excluding carboxylic acids is 1. The number of benzene rings is 1. The van der Waals surface area contributed by atoms with Gasteiger partial charge in [-0.25, -0.2) is 23.3 Å². The normalized spacial score (nSPS) is 16.2. The van der Waals surface area contributed by atoms with E-state index in [1.807, 2.05) is 0 Å². The molecule has 1 aromatic carbocycles. The summed E-state index contributed by atoms with van der Waals surface area (Å²) < 4.78 is 29.9. The van der Waals surface area contributed by atoms with Crippen molar-refractivity contribution in [2.24, 2.45) is 0 Å². The van der Waals surface area contributed by atoms with Gasteiger partial charge in [-0.15, -0.1) is 11.3 Å². The van der Waals surface area contributed by atoms with Gasteiger partial charge in [-0.2, -0.15) is 5.10 Å². The largest absolute Gasteiger partial charge is 0.348 e. The van der Waals surface area contributed by atoms with Gasteiger partial charge in [-0.05, 0) is 24.3 Å². The van der Waals surface area contributed by atoms with Crippen molar-refractivity contribution in [2.75, 3.05) is 6.54 Å². The van der Waals surface area contributed by atoms with Gasteiger partial charge < -0.3 is 9.88 Å². The van der Waals surface area contributed by atoms with E-state index in [0.717, 1.165) is 5.69 Å². The number of nitrogens with zero attached hydrogens (tertiary/aromatic N) is 5. The number of hydrogen-bond donors (Lipinski definition) is 1. The van der Waals surface area contributed by atoms with E-state index in [4.69, 9.17) is 0 Å². The average molecular weight is 436 g/mol. The maximum Gasteiger partial charge on any atom is 0.258 e. The molecule has 10 heteroatoms. The van der Waals surface area contributed by atoms with Crippen LogP contribution in [0.4, 0.5) is 8.78 Å². The fourth-order valence-electron chi connectivity index (χ4n) is 4.07. The highest BCUT2D eigenvalue weighted by Gasteiger charge is 2.37. The Labute approximate surface area is 178 Å². The number of thiazole rings is 1. The Hall–Kier alpha value is -3.66. The number of aromatic nitrogens is 5. The summed E-state index contributed by atoms with van der Waals surface area (Å²) in [4.78, 5) is 27.4. The quantitative estimate of drug-likeness (QED) is 0.457. The van der Waals surface area contributed by atoms with Crippen molar-refractivity contribution in [3.63, 3.8) is 0 Å². The molecule has 7 nitrogen and oxygen atoms in total. The fraction of sp³-hybridized carbons (Fsp3) is 0.143. The highest BCUT2D eigenvalue weighted by atomic mass is 32.1. The predicted molar refractivity (Wildman–Crippen MR) is 110 cm³/mol. The molecule has 0 bridgehead atoms. The number of rotatable bonds is 2. The van der Waals surface area contributed by atoms with Gasteiger partial charge in [0.25, 0.3) is 5.91 Å². The Morgan fingerprint density at radius 1 is 1.23 bits per heavy atom. The molecule has 1 aliphatic rings. The first-order chi connectivity index (χ1) is 15.1. The number of aromatic amines is 1. The highest BCUT2D eigenvalue weighted by molar-refractivity contribution is 7.18. The monoisotopic (exact) mass is 436 g/mol. The number of carbonyl (C=O) groups is 1. The molecule has 1 aliphatic heterocycles. The second-order valence-corrected chi connectivity index (χ2v) is 8.35. The highest BCUT2D eigenvalue weighted by Crippen LogP contribution is 2.38. The van der Waals surface area contributed by atoms with Crippen LogP contribution in [-0.4, -0.2) is 41.9 Å². The van der Waals surface area contributed by atoms with Gasteiger partial charge >= 0.3 is 0 Å². The molecule has 0 radical (unpaired) electrons. The molecule has 0 saturated carbocycles.